The fraction of sp³-hybridized carbons (Fsp3) is 1.00. The normalized spacial score (nSPS) is 22.9. The Bertz CT molecular complexity index is 204. The van der Waals surface area contributed by atoms with Crippen molar-refractivity contribution in [2.75, 3.05) is 67.1 Å². The Morgan fingerprint density at radius 1 is 1.29 bits per heavy atom. The minimum atomic E-state index is 0.370. The van der Waals surface area contributed by atoms with Crippen LogP contribution in [0.1, 0.15) is 13.3 Å². The van der Waals surface area contributed by atoms with Gasteiger partial charge in [-0.25, -0.2) is 0 Å². The third-order valence-electron chi connectivity index (χ3n) is 2.87. The van der Waals surface area contributed by atoms with Gasteiger partial charge in [-0.15, -0.1) is 0 Å². The van der Waals surface area contributed by atoms with Gasteiger partial charge in [0.15, 0.2) is 0 Å². The lowest BCUT2D eigenvalue weighted by molar-refractivity contribution is -0.873. The van der Waals surface area contributed by atoms with Crippen LogP contribution in [0.3, 0.4) is 0 Å². The van der Waals surface area contributed by atoms with Crippen LogP contribution in [-0.4, -0.2) is 82.6 Å². The van der Waals surface area contributed by atoms with Crippen molar-refractivity contribution in [2.24, 2.45) is 0 Å². The lowest BCUT2D eigenvalue weighted by Gasteiger charge is -2.36. The third-order valence-corrected chi connectivity index (χ3v) is 2.87. The Kier molecular flexibility index (Phi) is 6.41. The molecule has 0 saturated carbocycles. The molecule has 1 unspecified atom stereocenters. The average Bonchev–Trinajstić information content (AvgIpc) is 2.23. The molecule has 1 saturated heterocycles. The molecule has 102 valence electrons. The second-order valence-corrected chi connectivity index (χ2v) is 5.88. The number of nitrogens with zero attached hydrogens (tertiary/aromatic N) is 2. The van der Waals surface area contributed by atoms with Gasteiger partial charge in [0, 0.05) is 26.2 Å². The highest BCUT2D eigenvalue weighted by atomic mass is 16.5. The number of morpholine rings is 1. The van der Waals surface area contributed by atoms with E-state index < -0.39 is 0 Å². The van der Waals surface area contributed by atoms with E-state index in [2.05, 4.69) is 33.0 Å². The summed E-state index contributed by atoms with van der Waals surface area (Å²) in [6, 6.07) is 0. The molecular formula is C13H29N2O2+. The maximum atomic E-state index is 5.81. The van der Waals surface area contributed by atoms with Crippen molar-refractivity contribution >= 4 is 0 Å². The van der Waals surface area contributed by atoms with Crippen LogP contribution in [0.25, 0.3) is 0 Å². The third kappa shape index (κ3) is 6.99. The van der Waals surface area contributed by atoms with Crippen molar-refractivity contribution in [3.63, 3.8) is 0 Å². The van der Waals surface area contributed by atoms with Gasteiger partial charge in [0.05, 0.1) is 34.4 Å². The smallest absolute Gasteiger partial charge is 0.119 e. The van der Waals surface area contributed by atoms with Gasteiger partial charge in [0.1, 0.15) is 12.6 Å². The zero-order chi connectivity index (χ0) is 12.7. The van der Waals surface area contributed by atoms with E-state index in [1.807, 2.05) is 0 Å². The van der Waals surface area contributed by atoms with E-state index in [0.29, 0.717) is 6.10 Å². The quantitative estimate of drug-likeness (QED) is 0.490. The molecule has 17 heavy (non-hydrogen) atoms. The average molecular weight is 245 g/mol. The van der Waals surface area contributed by atoms with Crippen LogP contribution >= 0.6 is 0 Å². The van der Waals surface area contributed by atoms with Crippen LogP contribution in [0.15, 0.2) is 0 Å². The topological polar surface area (TPSA) is 21.7 Å². The monoisotopic (exact) mass is 245 g/mol. The zero-order valence-corrected chi connectivity index (χ0v) is 11.9. The molecule has 1 aliphatic heterocycles. The fourth-order valence-corrected chi connectivity index (χ4v) is 2.14. The van der Waals surface area contributed by atoms with E-state index in [1.54, 1.807) is 0 Å². The molecule has 1 fully saturated rings. The van der Waals surface area contributed by atoms with Crippen molar-refractivity contribution in [3.8, 4) is 0 Å². The molecular weight excluding hydrogens is 216 g/mol. The first-order valence-electron chi connectivity index (χ1n) is 6.73. The first-order chi connectivity index (χ1) is 8.01. The second kappa shape index (κ2) is 7.31. The van der Waals surface area contributed by atoms with Crippen molar-refractivity contribution in [3.05, 3.63) is 0 Å². The van der Waals surface area contributed by atoms with Crippen LogP contribution < -0.4 is 0 Å². The molecule has 1 heterocycles. The Labute approximate surface area is 106 Å². The molecule has 1 atom stereocenters. The Hall–Kier alpha value is -0.160. The molecule has 0 aliphatic carbocycles. The van der Waals surface area contributed by atoms with E-state index >= 15 is 0 Å². The summed E-state index contributed by atoms with van der Waals surface area (Å²) in [6.45, 7) is 8.94. The molecule has 4 heteroatoms. The van der Waals surface area contributed by atoms with Crippen molar-refractivity contribution in [1.29, 1.82) is 0 Å². The summed E-state index contributed by atoms with van der Waals surface area (Å²) in [5.74, 6) is 0. The summed E-state index contributed by atoms with van der Waals surface area (Å²) in [7, 11) is 6.64. The number of hydrogen-bond donors (Lipinski definition) is 0. The Balaban J connectivity index is 2.19. The number of ether oxygens (including phenoxy) is 2. The van der Waals surface area contributed by atoms with Gasteiger partial charge in [-0.3, -0.25) is 4.90 Å². The lowest BCUT2D eigenvalue weighted by Crippen LogP contribution is -2.51. The SMILES string of the molecule is CCCOCCN1CCOC(C[N+](C)(C)C)C1. The van der Waals surface area contributed by atoms with Gasteiger partial charge in [-0.1, -0.05) is 6.92 Å². The zero-order valence-electron chi connectivity index (χ0n) is 11.9. The summed E-state index contributed by atoms with van der Waals surface area (Å²) in [5, 5.41) is 0. The summed E-state index contributed by atoms with van der Waals surface area (Å²) >= 11 is 0. The maximum Gasteiger partial charge on any atom is 0.119 e. The predicted molar refractivity (Wildman–Crippen MR) is 70.2 cm³/mol. The molecule has 0 bridgehead atoms. The summed E-state index contributed by atoms with van der Waals surface area (Å²) in [5.41, 5.74) is 0. The Morgan fingerprint density at radius 2 is 2.06 bits per heavy atom. The highest BCUT2D eigenvalue weighted by Gasteiger charge is 2.25. The van der Waals surface area contributed by atoms with Crippen molar-refractivity contribution in [2.45, 2.75) is 19.4 Å². The molecule has 0 amide bonds. The standard InChI is InChI=1S/C13H29N2O2/c1-5-8-16-9-6-14-7-10-17-13(11-14)12-15(2,3)4/h13H,5-12H2,1-4H3/q+1. The molecule has 0 aromatic rings. The van der Waals surface area contributed by atoms with Gasteiger partial charge in [-0.2, -0.15) is 0 Å². The lowest BCUT2D eigenvalue weighted by atomic mass is 10.2. The van der Waals surface area contributed by atoms with E-state index in [4.69, 9.17) is 9.47 Å². The van der Waals surface area contributed by atoms with Gasteiger partial charge >= 0.3 is 0 Å². The van der Waals surface area contributed by atoms with Gasteiger partial charge in [0.2, 0.25) is 0 Å². The van der Waals surface area contributed by atoms with E-state index in [1.165, 1.54) is 0 Å². The molecule has 0 aromatic heterocycles. The highest BCUT2D eigenvalue weighted by Crippen LogP contribution is 2.08. The molecule has 4 nitrogen and oxygen atoms in total. The summed E-state index contributed by atoms with van der Waals surface area (Å²) in [4.78, 5) is 2.46. The molecule has 0 aromatic carbocycles. The van der Waals surface area contributed by atoms with Gasteiger partial charge in [0.25, 0.3) is 0 Å². The van der Waals surface area contributed by atoms with Crippen LogP contribution in [0.5, 0.6) is 0 Å². The molecule has 1 rings (SSSR count). The van der Waals surface area contributed by atoms with Gasteiger partial charge in [-0.05, 0) is 6.42 Å². The van der Waals surface area contributed by atoms with E-state index in [0.717, 1.165) is 56.9 Å². The predicted octanol–water partition coefficient (Wildman–Crippen LogP) is 0.820. The number of likely N-dealkylation sites (N-methyl/N-ethyl adjacent to an activating group) is 1. The first-order valence-corrected chi connectivity index (χ1v) is 6.73. The van der Waals surface area contributed by atoms with E-state index in [9.17, 15) is 0 Å². The number of rotatable bonds is 7. The molecule has 0 N–H and O–H groups in total. The second-order valence-electron chi connectivity index (χ2n) is 5.88. The van der Waals surface area contributed by atoms with Crippen molar-refractivity contribution < 1.29 is 14.0 Å². The highest BCUT2D eigenvalue weighted by molar-refractivity contribution is 4.70. The van der Waals surface area contributed by atoms with E-state index in [-0.39, 0.29) is 0 Å². The van der Waals surface area contributed by atoms with Crippen molar-refractivity contribution in [1.82, 2.24) is 4.90 Å². The summed E-state index contributed by atoms with van der Waals surface area (Å²) < 4.78 is 12.3. The van der Waals surface area contributed by atoms with Crippen LogP contribution in [0.2, 0.25) is 0 Å². The largest absolute Gasteiger partial charge is 0.380 e. The Morgan fingerprint density at radius 3 is 2.71 bits per heavy atom. The molecule has 0 spiro atoms. The van der Waals surface area contributed by atoms with Crippen LogP contribution in [0.4, 0.5) is 0 Å². The summed E-state index contributed by atoms with van der Waals surface area (Å²) in [6.07, 6.45) is 1.47. The first kappa shape index (κ1) is 14.9. The van der Waals surface area contributed by atoms with Crippen LogP contribution in [-0.2, 0) is 9.47 Å². The minimum absolute atomic E-state index is 0.370. The fourth-order valence-electron chi connectivity index (χ4n) is 2.14. The van der Waals surface area contributed by atoms with Gasteiger partial charge < -0.3 is 14.0 Å². The maximum absolute atomic E-state index is 5.81. The molecule has 1 aliphatic rings. The minimum Gasteiger partial charge on any atom is -0.380 e. The van der Waals surface area contributed by atoms with Crippen LogP contribution in [0, 0.1) is 0 Å². The number of quaternary nitrogens is 1. The molecule has 0 radical (unpaired) electrons. The number of hydrogen-bond acceptors (Lipinski definition) is 3.